The first-order chi connectivity index (χ1) is 18.6. The van der Waals surface area contributed by atoms with Gasteiger partial charge < -0.3 is 5.32 Å². The van der Waals surface area contributed by atoms with Crippen molar-refractivity contribution in [3.63, 3.8) is 0 Å². The number of rotatable bonds is 10. The summed E-state index contributed by atoms with van der Waals surface area (Å²) in [6.45, 7) is 5.77. The largest absolute Gasteiger partial charge is 0.352 e. The molecule has 3 aromatic carbocycles. The third-order valence-electron chi connectivity index (χ3n) is 7.31. The van der Waals surface area contributed by atoms with Crippen LogP contribution in [0.3, 0.4) is 0 Å². The van der Waals surface area contributed by atoms with Crippen molar-refractivity contribution in [2.45, 2.75) is 32.7 Å². The van der Waals surface area contributed by atoms with Gasteiger partial charge in [0.05, 0.1) is 10.9 Å². The van der Waals surface area contributed by atoms with Crippen LogP contribution in [0.5, 0.6) is 0 Å². The van der Waals surface area contributed by atoms with Gasteiger partial charge in [0.25, 0.3) is 5.91 Å². The van der Waals surface area contributed by atoms with E-state index in [1.807, 2.05) is 48.5 Å². The van der Waals surface area contributed by atoms with Crippen molar-refractivity contribution in [2.24, 2.45) is 5.92 Å². The minimum atomic E-state index is -3.56. The van der Waals surface area contributed by atoms with Gasteiger partial charge in [-0.3, -0.25) is 9.69 Å². The Morgan fingerprint density at radius 1 is 0.872 bits per heavy atom. The lowest BCUT2D eigenvalue weighted by Gasteiger charge is -2.42. The predicted octanol–water partition coefficient (Wildman–Crippen LogP) is 7.02. The van der Waals surface area contributed by atoms with E-state index in [1.54, 1.807) is 24.3 Å². The Kier molecular flexibility index (Phi) is 9.55. The second kappa shape index (κ2) is 12.7. The summed E-state index contributed by atoms with van der Waals surface area (Å²) >= 11 is 12.3. The highest BCUT2D eigenvalue weighted by atomic mass is 35.5. The highest BCUT2D eigenvalue weighted by Crippen LogP contribution is 2.38. The Balaban J connectivity index is 1.63. The maximum absolute atomic E-state index is 13.0. The number of hydrogen-bond acceptors (Lipinski definition) is 4. The second-order valence-corrected chi connectivity index (χ2v) is 12.9. The molecule has 0 bridgehead atoms. The Bertz CT molecular complexity index is 1390. The van der Waals surface area contributed by atoms with Crippen LogP contribution in [0.2, 0.25) is 10.0 Å². The van der Waals surface area contributed by atoms with Crippen LogP contribution in [0.25, 0.3) is 4.91 Å². The summed E-state index contributed by atoms with van der Waals surface area (Å²) in [5, 5.41) is 4.31. The molecule has 0 spiro atoms. The summed E-state index contributed by atoms with van der Waals surface area (Å²) in [6.07, 6.45) is 3.21. The molecule has 206 valence electrons. The number of carbonyl (C=O) groups excluding carboxylic acids is 1. The van der Waals surface area contributed by atoms with Gasteiger partial charge in [0.15, 0.2) is 9.84 Å². The molecular formula is C31H34Cl2N2O3S. The van der Waals surface area contributed by atoms with E-state index in [0.717, 1.165) is 29.5 Å². The van der Waals surface area contributed by atoms with E-state index in [0.29, 0.717) is 51.6 Å². The topological polar surface area (TPSA) is 66.5 Å². The maximum Gasteiger partial charge on any atom is 0.251 e. The highest BCUT2D eigenvalue weighted by Gasteiger charge is 2.34. The number of nitrogens with zero attached hydrogens (tertiary/aromatic N) is 1. The van der Waals surface area contributed by atoms with Crippen molar-refractivity contribution in [3.8, 4) is 0 Å². The number of amides is 1. The maximum atomic E-state index is 13.0. The Morgan fingerprint density at radius 3 is 1.87 bits per heavy atom. The van der Waals surface area contributed by atoms with E-state index < -0.39 is 9.84 Å². The van der Waals surface area contributed by atoms with Gasteiger partial charge in [-0.15, -0.1) is 0 Å². The lowest BCUT2D eigenvalue weighted by molar-refractivity contribution is 0.0946. The van der Waals surface area contributed by atoms with Gasteiger partial charge in [-0.25, -0.2) is 8.42 Å². The Morgan fingerprint density at radius 2 is 1.38 bits per heavy atom. The van der Waals surface area contributed by atoms with E-state index in [4.69, 9.17) is 23.2 Å². The molecule has 5 nitrogen and oxygen atoms in total. The number of likely N-dealkylation sites (tertiary alicyclic amines) is 1. The molecule has 0 radical (unpaired) electrons. The van der Waals surface area contributed by atoms with Gasteiger partial charge in [0.2, 0.25) is 0 Å². The van der Waals surface area contributed by atoms with Gasteiger partial charge in [-0.2, -0.15) is 0 Å². The molecule has 0 atom stereocenters. The van der Waals surface area contributed by atoms with Crippen molar-refractivity contribution < 1.29 is 13.2 Å². The molecule has 1 aliphatic heterocycles. The van der Waals surface area contributed by atoms with Crippen LogP contribution < -0.4 is 5.32 Å². The van der Waals surface area contributed by atoms with Crippen LogP contribution in [0.1, 0.15) is 59.8 Å². The molecule has 1 N–H and O–H groups in total. The van der Waals surface area contributed by atoms with Gasteiger partial charge >= 0.3 is 0 Å². The zero-order chi connectivity index (χ0) is 28.2. The standard InChI is InChI=1S/C31H34Cl2N2O3S/c1-4-21(5-2)18-34-31(36)25-8-6-7-24(17-25)30(39(3,37)38)26-19-35(20-26)29(22-9-13-27(32)14-10-22)23-11-15-28(33)16-12-23/h6-17,21,29H,4-5,18-20H2,1-3H3,(H,34,36). The number of sulfone groups is 1. The van der Waals surface area contributed by atoms with Crippen molar-refractivity contribution in [1.29, 1.82) is 0 Å². The van der Waals surface area contributed by atoms with E-state index >= 15 is 0 Å². The Hall–Kier alpha value is -2.64. The van der Waals surface area contributed by atoms with Crippen molar-refractivity contribution in [2.75, 3.05) is 25.9 Å². The zero-order valence-electron chi connectivity index (χ0n) is 22.5. The second-order valence-electron chi connectivity index (χ2n) is 10.1. The van der Waals surface area contributed by atoms with Crippen LogP contribution in [-0.2, 0) is 9.84 Å². The highest BCUT2D eigenvalue weighted by molar-refractivity contribution is 8.00. The van der Waals surface area contributed by atoms with Crippen LogP contribution >= 0.6 is 23.2 Å². The third kappa shape index (κ3) is 7.12. The van der Waals surface area contributed by atoms with E-state index in [9.17, 15) is 13.2 Å². The van der Waals surface area contributed by atoms with Gasteiger partial charge in [0, 0.05) is 41.5 Å². The first-order valence-electron chi connectivity index (χ1n) is 13.2. The SMILES string of the molecule is CCC(CC)CNC(=O)c1cccc(C(=C2CN(C(c3ccc(Cl)cc3)c3ccc(Cl)cc3)C2)S(C)(=O)=O)c1. The number of halogens is 2. The van der Waals surface area contributed by atoms with Crippen LogP contribution in [-0.4, -0.2) is 45.1 Å². The van der Waals surface area contributed by atoms with E-state index in [2.05, 4.69) is 24.1 Å². The van der Waals surface area contributed by atoms with Crippen molar-refractivity contribution in [3.05, 3.63) is 111 Å². The summed E-state index contributed by atoms with van der Waals surface area (Å²) in [5.74, 6) is 0.225. The molecular weight excluding hydrogens is 551 g/mol. The molecule has 3 aromatic rings. The summed E-state index contributed by atoms with van der Waals surface area (Å²) < 4.78 is 26.1. The van der Waals surface area contributed by atoms with Gasteiger partial charge in [-0.1, -0.05) is 86.3 Å². The summed E-state index contributed by atoms with van der Waals surface area (Å²) in [4.78, 5) is 15.4. The van der Waals surface area contributed by atoms with E-state index in [1.165, 1.54) is 6.26 Å². The number of benzene rings is 3. The normalized spacial score (nSPS) is 14.0. The molecule has 1 heterocycles. The zero-order valence-corrected chi connectivity index (χ0v) is 24.8. The molecule has 4 rings (SSSR count). The lowest BCUT2D eigenvalue weighted by atomic mass is 9.92. The lowest BCUT2D eigenvalue weighted by Crippen LogP contribution is -2.44. The molecule has 1 saturated heterocycles. The quantitative estimate of drug-likeness (QED) is 0.278. The summed E-state index contributed by atoms with van der Waals surface area (Å²) in [5.41, 5.74) is 3.92. The minimum Gasteiger partial charge on any atom is -0.352 e. The fourth-order valence-corrected chi connectivity index (χ4v) is 6.53. The molecule has 8 heteroatoms. The molecule has 1 aliphatic rings. The van der Waals surface area contributed by atoms with Gasteiger partial charge in [-0.05, 0) is 64.6 Å². The number of hydrogen-bond donors (Lipinski definition) is 1. The van der Waals surface area contributed by atoms with Crippen LogP contribution in [0.4, 0.5) is 0 Å². The predicted molar refractivity (Wildman–Crippen MR) is 161 cm³/mol. The van der Waals surface area contributed by atoms with Crippen molar-refractivity contribution >= 4 is 43.9 Å². The molecule has 1 fully saturated rings. The van der Waals surface area contributed by atoms with Crippen LogP contribution in [0, 0.1) is 5.92 Å². The number of nitrogens with one attached hydrogen (secondary N) is 1. The fourth-order valence-electron chi connectivity index (χ4n) is 5.07. The summed E-state index contributed by atoms with van der Waals surface area (Å²) in [7, 11) is -3.56. The first kappa shape index (κ1) is 29.3. The smallest absolute Gasteiger partial charge is 0.251 e. The molecule has 1 amide bonds. The minimum absolute atomic E-state index is 0.0914. The fraction of sp³-hybridized carbons (Fsp3) is 0.323. The van der Waals surface area contributed by atoms with Crippen molar-refractivity contribution in [1.82, 2.24) is 10.2 Å². The average Bonchev–Trinajstić information content (AvgIpc) is 2.89. The molecule has 0 unspecified atom stereocenters. The van der Waals surface area contributed by atoms with E-state index in [-0.39, 0.29) is 11.9 Å². The molecule has 39 heavy (non-hydrogen) atoms. The first-order valence-corrected chi connectivity index (χ1v) is 15.8. The molecule has 0 saturated carbocycles. The molecule has 0 aromatic heterocycles. The number of carbonyl (C=O) groups is 1. The monoisotopic (exact) mass is 584 g/mol. The molecule has 0 aliphatic carbocycles. The van der Waals surface area contributed by atoms with Crippen LogP contribution in [0.15, 0.2) is 78.4 Å². The van der Waals surface area contributed by atoms with Gasteiger partial charge in [0.1, 0.15) is 0 Å². The Labute approximate surface area is 241 Å². The summed E-state index contributed by atoms with van der Waals surface area (Å²) in [6, 6.07) is 22.2. The third-order valence-corrected chi connectivity index (χ3v) is 9.08. The average molecular weight is 586 g/mol.